The van der Waals surface area contributed by atoms with E-state index in [2.05, 4.69) is 43.0 Å². The molecule has 0 unspecified atom stereocenters. The van der Waals surface area contributed by atoms with Crippen LogP contribution in [0, 0.1) is 5.92 Å². The number of unbranched alkanes of at least 4 members (excludes halogenated alkanes) is 1. The van der Waals surface area contributed by atoms with E-state index in [0.29, 0.717) is 42.4 Å². The van der Waals surface area contributed by atoms with Gasteiger partial charge in [-0.15, -0.1) is 0 Å². The van der Waals surface area contributed by atoms with Crippen molar-refractivity contribution in [3.8, 4) is 0 Å². The SMILES string of the molecule is CCCCn1c(=O)[nH]c(=O)c2c1nc(CCC(=O)Nc1ccc(C(C)C)cc1)n2CC(C)C. The standard InChI is InChI=1S/C25H35N5O3/c1-6-7-14-29-23-22(24(32)28-25(29)33)30(15-16(2)3)20(27-23)12-13-21(31)26-19-10-8-18(9-11-19)17(4)5/h8-11,16-17H,6-7,12-15H2,1-5H3,(H,26,31)(H,28,32,33). The first kappa shape index (κ1) is 24.5. The number of nitrogens with zero attached hydrogens (tertiary/aromatic N) is 3. The van der Waals surface area contributed by atoms with Gasteiger partial charge < -0.3 is 9.88 Å². The number of H-pyrrole nitrogens is 1. The third kappa shape index (κ3) is 5.80. The van der Waals surface area contributed by atoms with Crippen molar-refractivity contribution in [1.29, 1.82) is 0 Å². The van der Waals surface area contributed by atoms with Crippen LogP contribution in [0.15, 0.2) is 33.9 Å². The predicted molar refractivity (Wildman–Crippen MR) is 132 cm³/mol. The summed E-state index contributed by atoms with van der Waals surface area (Å²) in [6.45, 7) is 11.5. The Bertz CT molecular complexity index is 1220. The highest BCUT2D eigenvalue weighted by Crippen LogP contribution is 2.19. The van der Waals surface area contributed by atoms with Crippen LogP contribution in [0.4, 0.5) is 5.69 Å². The van der Waals surface area contributed by atoms with E-state index in [4.69, 9.17) is 0 Å². The van der Waals surface area contributed by atoms with Gasteiger partial charge in [-0.3, -0.25) is 19.1 Å². The maximum Gasteiger partial charge on any atom is 0.330 e. The first-order chi connectivity index (χ1) is 15.7. The Labute approximate surface area is 194 Å². The average Bonchev–Trinajstić information content (AvgIpc) is 3.10. The van der Waals surface area contributed by atoms with Gasteiger partial charge in [0.2, 0.25) is 5.91 Å². The highest BCUT2D eigenvalue weighted by atomic mass is 16.2. The highest BCUT2D eigenvalue weighted by molar-refractivity contribution is 5.90. The zero-order valence-electron chi connectivity index (χ0n) is 20.3. The van der Waals surface area contributed by atoms with Crippen LogP contribution in [0.1, 0.15) is 71.2 Å². The van der Waals surface area contributed by atoms with Gasteiger partial charge in [-0.2, -0.15) is 0 Å². The van der Waals surface area contributed by atoms with Crippen LogP contribution in [-0.2, 0) is 24.3 Å². The lowest BCUT2D eigenvalue weighted by Gasteiger charge is -2.12. The summed E-state index contributed by atoms with van der Waals surface area (Å²) in [5.74, 6) is 1.23. The minimum absolute atomic E-state index is 0.118. The number of carbonyl (C=O) groups excluding carboxylic acids is 1. The number of aryl methyl sites for hydroxylation is 2. The second-order valence-electron chi connectivity index (χ2n) is 9.29. The number of rotatable bonds is 10. The van der Waals surface area contributed by atoms with Crippen molar-refractivity contribution in [3.63, 3.8) is 0 Å². The molecule has 33 heavy (non-hydrogen) atoms. The summed E-state index contributed by atoms with van der Waals surface area (Å²) >= 11 is 0. The Kier molecular flexibility index (Phi) is 7.89. The van der Waals surface area contributed by atoms with Crippen LogP contribution >= 0.6 is 0 Å². The van der Waals surface area contributed by atoms with E-state index in [1.807, 2.05) is 35.8 Å². The van der Waals surface area contributed by atoms with Crippen LogP contribution in [0.25, 0.3) is 11.2 Å². The molecule has 0 atom stereocenters. The Hall–Kier alpha value is -3.16. The lowest BCUT2D eigenvalue weighted by Crippen LogP contribution is -2.31. The maximum atomic E-state index is 12.7. The summed E-state index contributed by atoms with van der Waals surface area (Å²) in [5.41, 5.74) is 1.90. The smallest absolute Gasteiger partial charge is 0.326 e. The van der Waals surface area contributed by atoms with E-state index >= 15 is 0 Å². The number of fused-ring (bicyclic) bond motifs is 1. The number of amides is 1. The number of carbonyl (C=O) groups is 1. The summed E-state index contributed by atoms with van der Waals surface area (Å²) in [4.78, 5) is 44.8. The number of hydrogen-bond donors (Lipinski definition) is 2. The fraction of sp³-hybridized carbons (Fsp3) is 0.520. The number of anilines is 1. The summed E-state index contributed by atoms with van der Waals surface area (Å²) in [7, 11) is 0. The number of nitrogens with one attached hydrogen (secondary N) is 2. The van der Waals surface area contributed by atoms with E-state index in [-0.39, 0.29) is 18.2 Å². The van der Waals surface area contributed by atoms with Crippen LogP contribution in [0.5, 0.6) is 0 Å². The topological polar surface area (TPSA) is 102 Å². The number of benzene rings is 1. The lowest BCUT2D eigenvalue weighted by atomic mass is 10.0. The molecule has 2 aromatic heterocycles. The number of hydrogen-bond acceptors (Lipinski definition) is 4. The first-order valence-corrected chi connectivity index (χ1v) is 11.8. The highest BCUT2D eigenvalue weighted by Gasteiger charge is 2.19. The molecule has 0 spiro atoms. The fourth-order valence-electron chi connectivity index (χ4n) is 3.89. The first-order valence-electron chi connectivity index (χ1n) is 11.8. The third-order valence-electron chi connectivity index (χ3n) is 5.68. The van der Waals surface area contributed by atoms with E-state index in [1.165, 1.54) is 10.1 Å². The lowest BCUT2D eigenvalue weighted by molar-refractivity contribution is -0.116. The van der Waals surface area contributed by atoms with Crippen LogP contribution in [0.3, 0.4) is 0 Å². The Morgan fingerprint density at radius 2 is 1.79 bits per heavy atom. The molecule has 0 aliphatic carbocycles. The van der Waals surface area contributed by atoms with Crippen molar-refractivity contribution in [3.05, 3.63) is 56.5 Å². The quantitative estimate of drug-likeness (QED) is 0.484. The van der Waals surface area contributed by atoms with Crippen molar-refractivity contribution in [2.24, 2.45) is 5.92 Å². The normalized spacial score (nSPS) is 11.6. The molecule has 0 saturated heterocycles. The van der Waals surface area contributed by atoms with Gasteiger partial charge in [0.05, 0.1) is 0 Å². The molecule has 8 nitrogen and oxygen atoms in total. The fourth-order valence-corrected chi connectivity index (χ4v) is 3.89. The Morgan fingerprint density at radius 3 is 2.39 bits per heavy atom. The minimum Gasteiger partial charge on any atom is -0.326 e. The second kappa shape index (κ2) is 10.6. The van der Waals surface area contributed by atoms with E-state index in [1.54, 1.807) is 0 Å². The van der Waals surface area contributed by atoms with Crippen LogP contribution in [-0.4, -0.2) is 25.0 Å². The third-order valence-corrected chi connectivity index (χ3v) is 5.68. The molecular weight excluding hydrogens is 418 g/mol. The number of aromatic amines is 1. The van der Waals surface area contributed by atoms with E-state index < -0.39 is 11.2 Å². The van der Waals surface area contributed by atoms with E-state index in [0.717, 1.165) is 18.5 Å². The molecule has 3 rings (SSSR count). The summed E-state index contributed by atoms with van der Waals surface area (Å²) in [6.07, 6.45) is 2.33. The molecule has 0 saturated carbocycles. The van der Waals surface area contributed by atoms with Crippen molar-refractivity contribution in [1.82, 2.24) is 19.1 Å². The molecule has 0 aliphatic rings. The second-order valence-corrected chi connectivity index (χ2v) is 9.29. The largest absolute Gasteiger partial charge is 0.330 e. The molecule has 0 radical (unpaired) electrons. The van der Waals surface area contributed by atoms with Gasteiger partial charge in [0.1, 0.15) is 5.82 Å². The van der Waals surface area contributed by atoms with Crippen molar-refractivity contribution >= 4 is 22.8 Å². The van der Waals surface area contributed by atoms with Gasteiger partial charge in [-0.25, -0.2) is 9.78 Å². The molecule has 0 aliphatic heterocycles. The minimum atomic E-state index is -0.440. The predicted octanol–water partition coefficient (Wildman–Crippen LogP) is 4.04. The summed E-state index contributed by atoms with van der Waals surface area (Å²) in [5, 5.41) is 2.93. The van der Waals surface area contributed by atoms with Crippen molar-refractivity contribution in [2.45, 2.75) is 79.3 Å². The van der Waals surface area contributed by atoms with Gasteiger partial charge in [0.25, 0.3) is 5.56 Å². The Balaban J connectivity index is 1.86. The molecule has 2 N–H and O–H groups in total. The van der Waals surface area contributed by atoms with Gasteiger partial charge in [0, 0.05) is 31.6 Å². The monoisotopic (exact) mass is 453 g/mol. The summed E-state index contributed by atoms with van der Waals surface area (Å²) < 4.78 is 3.41. The zero-order valence-corrected chi connectivity index (χ0v) is 20.3. The number of aromatic nitrogens is 4. The maximum absolute atomic E-state index is 12.7. The molecule has 178 valence electrons. The van der Waals surface area contributed by atoms with Crippen molar-refractivity contribution in [2.75, 3.05) is 5.32 Å². The molecule has 0 bridgehead atoms. The number of imidazole rings is 1. The van der Waals surface area contributed by atoms with Crippen molar-refractivity contribution < 1.29 is 4.79 Å². The van der Waals surface area contributed by atoms with Gasteiger partial charge in [-0.1, -0.05) is 53.2 Å². The van der Waals surface area contributed by atoms with Crippen LogP contribution < -0.4 is 16.6 Å². The van der Waals surface area contributed by atoms with Gasteiger partial charge in [0.15, 0.2) is 11.2 Å². The molecule has 1 amide bonds. The summed E-state index contributed by atoms with van der Waals surface area (Å²) in [6, 6.07) is 7.86. The zero-order chi connectivity index (χ0) is 24.1. The van der Waals surface area contributed by atoms with Gasteiger partial charge in [-0.05, 0) is 36.0 Å². The average molecular weight is 454 g/mol. The Morgan fingerprint density at radius 1 is 1.09 bits per heavy atom. The van der Waals surface area contributed by atoms with E-state index in [9.17, 15) is 14.4 Å². The van der Waals surface area contributed by atoms with Gasteiger partial charge >= 0.3 is 5.69 Å². The molecule has 3 aromatic rings. The molecule has 0 fully saturated rings. The van der Waals surface area contributed by atoms with Crippen LogP contribution in [0.2, 0.25) is 0 Å². The molecular formula is C25H35N5O3. The molecule has 2 heterocycles. The molecule has 1 aromatic carbocycles. The molecule has 8 heteroatoms.